The van der Waals surface area contributed by atoms with E-state index < -0.39 is 0 Å². The normalized spacial score (nSPS) is 10.7. The molecule has 0 aromatic carbocycles. The molecule has 5 heteroatoms. The van der Waals surface area contributed by atoms with Crippen LogP contribution in [0.3, 0.4) is 0 Å². The predicted octanol–water partition coefficient (Wildman–Crippen LogP) is 1.82. The highest BCUT2D eigenvalue weighted by Gasteiger charge is 2.05. The van der Waals surface area contributed by atoms with E-state index in [-0.39, 0.29) is 5.91 Å². The van der Waals surface area contributed by atoms with E-state index in [1.54, 1.807) is 0 Å². The predicted molar refractivity (Wildman–Crippen MR) is 67.3 cm³/mol. The smallest absolute Gasteiger partial charge is 0.226 e. The molecule has 1 rings (SSSR count). The van der Waals surface area contributed by atoms with Crippen LogP contribution in [0.15, 0.2) is 5.38 Å². The van der Waals surface area contributed by atoms with E-state index in [0.717, 1.165) is 25.1 Å². The summed E-state index contributed by atoms with van der Waals surface area (Å²) in [6.07, 6.45) is 2.50. The Morgan fingerprint density at radius 2 is 2.38 bits per heavy atom. The summed E-state index contributed by atoms with van der Waals surface area (Å²) in [5, 5.41) is 5.22. The minimum Gasteiger partial charge on any atom is -0.375 e. The molecule has 0 saturated heterocycles. The number of nitrogens with one attached hydrogen (secondary N) is 1. The topological polar surface area (TPSA) is 68.0 Å². The van der Waals surface area contributed by atoms with Crippen LogP contribution < -0.4 is 11.1 Å². The summed E-state index contributed by atoms with van der Waals surface area (Å²) in [4.78, 5) is 15.5. The lowest BCUT2D eigenvalue weighted by molar-refractivity contribution is -0.120. The van der Waals surface area contributed by atoms with Crippen molar-refractivity contribution in [2.24, 2.45) is 5.92 Å². The van der Waals surface area contributed by atoms with Crippen LogP contribution in [0.4, 0.5) is 5.13 Å². The molecule has 0 bridgehead atoms. The number of thiazole rings is 1. The zero-order valence-electron chi connectivity index (χ0n) is 9.82. The van der Waals surface area contributed by atoms with E-state index in [1.807, 2.05) is 5.38 Å². The van der Waals surface area contributed by atoms with Gasteiger partial charge in [-0.25, -0.2) is 4.98 Å². The van der Waals surface area contributed by atoms with Gasteiger partial charge >= 0.3 is 0 Å². The Balaban J connectivity index is 2.16. The standard InChI is InChI=1S/C11H19N3OS/c1-8(2)4-3-5-13-10(15)6-9-7-16-11(12)14-9/h7-8H,3-6H2,1-2H3,(H2,12,14)(H,13,15). The molecule has 0 saturated carbocycles. The number of nitrogen functional groups attached to an aromatic ring is 1. The summed E-state index contributed by atoms with van der Waals surface area (Å²) in [6, 6.07) is 0. The van der Waals surface area contributed by atoms with Gasteiger partial charge in [0.05, 0.1) is 12.1 Å². The van der Waals surface area contributed by atoms with Gasteiger partial charge in [-0.2, -0.15) is 0 Å². The average molecular weight is 241 g/mol. The maximum atomic E-state index is 11.5. The van der Waals surface area contributed by atoms with Gasteiger partial charge in [-0.05, 0) is 18.8 Å². The quantitative estimate of drug-likeness (QED) is 0.746. The average Bonchev–Trinajstić information content (AvgIpc) is 2.58. The van der Waals surface area contributed by atoms with Crippen LogP contribution in [0.5, 0.6) is 0 Å². The third-order valence-electron chi connectivity index (χ3n) is 2.19. The summed E-state index contributed by atoms with van der Waals surface area (Å²) >= 11 is 1.37. The first-order valence-electron chi connectivity index (χ1n) is 5.54. The summed E-state index contributed by atoms with van der Waals surface area (Å²) in [7, 11) is 0. The number of rotatable bonds is 6. The molecule has 1 aromatic heterocycles. The fourth-order valence-electron chi connectivity index (χ4n) is 1.37. The van der Waals surface area contributed by atoms with Crippen LogP contribution >= 0.6 is 11.3 Å². The zero-order chi connectivity index (χ0) is 12.0. The number of amides is 1. The Kier molecular flexibility index (Phi) is 5.25. The van der Waals surface area contributed by atoms with Crippen molar-refractivity contribution in [1.82, 2.24) is 10.3 Å². The van der Waals surface area contributed by atoms with Crippen molar-refractivity contribution in [2.75, 3.05) is 12.3 Å². The number of carbonyl (C=O) groups is 1. The second kappa shape index (κ2) is 6.48. The third kappa shape index (κ3) is 5.11. The Morgan fingerprint density at radius 1 is 1.62 bits per heavy atom. The second-order valence-electron chi connectivity index (χ2n) is 4.24. The lowest BCUT2D eigenvalue weighted by Crippen LogP contribution is -2.26. The van der Waals surface area contributed by atoms with Crippen LogP contribution in [0.25, 0.3) is 0 Å². The van der Waals surface area contributed by atoms with Gasteiger partial charge in [0, 0.05) is 11.9 Å². The SMILES string of the molecule is CC(C)CCCNC(=O)Cc1csc(N)n1. The first-order chi connectivity index (χ1) is 7.58. The molecule has 1 aromatic rings. The number of hydrogen-bond donors (Lipinski definition) is 2. The molecule has 0 atom stereocenters. The van der Waals surface area contributed by atoms with Crippen molar-refractivity contribution in [3.8, 4) is 0 Å². The Bertz CT molecular complexity index is 336. The lowest BCUT2D eigenvalue weighted by atomic mass is 10.1. The fraction of sp³-hybridized carbons (Fsp3) is 0.636. The Labute approximate surface area is 100 Å². The summed E-state index contributed by atoms with van der Waals surface area (Å²) in [5.41, 5.74) is 6.24. The van der Waals surface area contributed by atoms with E-state index in [0.29, 0.717) is 17.5 Å². The van der Waals surface area contributed by atoms with E-state index in [1.165, 1.54) is 11.3 Å². The first kappa shape index (κ1) is 13.0. The number of hydrogen-bond acceptors (Lipinski definition) is 4. The van der Waals surface area contributed by atoms with Crippen molar-refractivity contribution >= 4 is 22.4 Å². The summed E-state index contributed by atoms with van der Waals surface area (Å²) in [6.45, 7) is 5.11. The van der Waals surface area contributed by atoms with Crippen molar-refractivity contribution < 1.29 is 4.79 Å². The molecule has 0 fully saturated rings. The Morgan fingerprint density at radius 3 is 2.94 bits per heavy atom. The fourth-order valence-corrected chi connectivity index (χ4v) is 1.93. The van der Waals surface area contributed by atoms with Crippen LogP contribution in [0.1, 0.15) is 32.4 Å². The number of anilines is 1. The van der Waals surface area contributed by atoms with E-state index in [2.05, 4.69) is 24.1 Å². The van der Waals surface area contributed by atoms with Crippen molar-refractivity contribution in [3.05, 3.63) is 11.1 Å². The molecule has 0 aliphatic carbocycles. The maximum Gasteiger partial charge on any atom is 0.226 e. The number of aromatic nitrogens is 1. The van der Waals surface area contributed by atoms with Crippen molar-refractivity contribution in [1.29, 1.82) is 0 Å². The van der Waals surface area contributed by atoms with Crippen LogP contribution in [0.2, 0.25) is 0 Å². The molecule has 0 unspecified atom stereocenters. The van der Waals surface area contributed by atoms with E-state index in [4.69, 9.17) is 5.73 Å². The van der Waals surface area contributed by atoms with Gasteiger partial charge in [-0.15, -0.1) is 11.3 Å². The second-order valence-corrected chi connectivity index (χ2v) is 5.13. The molecule has 0 radical (unpaired) electrons. The van der Waals surface area contributed by atoms with Gasteiger partial charge in [0.1, 0.15) is 0 Å². The van der Waals surface area contributed by atoms with Gasteiger partial charge in [-0.1, -0.05) is 13.8 Å². The molecule has 4 nitrogen and oxygen atoms in total. The molecule has 1 heterocycles. The minimum absolute atomic E-state index is 0.0223. The van der Waals surface area contributed by atoms with Crippen molar-refractivity contribution in [3.63, 3.8) is 0 Å². The molecule has 16 heavy (non-hydrogen) atoms. The number of nitrogens with zero attached hydrogens (tertiary/aromatic N) is 1. The van der Waals surface area contributed by atoms with Gasteiger partial charge < -0.3 is 11.1 Å². The van der Waals surface area contributed by atoms with Gasteiger partial charge in [0.25, 0.3) is 0 Å². The van der Waals surface area contributed by atoms with Crippen molar-refractivity contribution in [2.45, 2.75) is 33.1 Å². The van der Waals surface area contributed by atoms with Crippen LogP contribution in [-0.2, 0) is 11.2 Å². The van der Waals surface area contributed by atoms with Crippen LogP contribution in [-0.4, -0.2) is 17.4 Å². The van der Waals surface area contributed by atoms with Crippen LogP contribution in [0, 0.1) is 5.92 Å². The van der Waals surface area contributed by atoms with Gasteiger partial charge in [0.2, 0.25) is 5.91 Å². The molecule has 0 spiro atoms. The van der Waals surface area contributed by atoms with Gasteiger partial charge in [0.15, 0.2) is 5.13 Å². The molecular weight excluding hydrogens is 222 g/mol. The number of carbonyl (C=O) groups excluding carboxylic acids is 1. The molecule has 0 aliphatic rings. The zero-order valence-corrected chi connectivity index (χ0v) is 10.6. The largest absolute Gasteiger partial charge is 0.375 e. The molecule has 1 amide bonds. The lowest BCUT2D eigenvalue weighted by Gasteiger charge is -2.05. The highest BCUT2D eigenvalue weighted by Crippen LogP contribution is 2.11. The van der Waals surface area contributed by atoms with E-state index >= 15 is 0 Å². The first-order valence-corrected chi connectivity index (χ1v) is 6.42. The highest BCUT2D eigenvalue weighted by molar-refractivity contribution is 7.13. The minimum atomic E-state index is 0.0223. The van der Waals surface area contributed by atoms with E-state index in [9.17, 15) is 4.79 Å². The summed E-state index contributed by atoms with van der Waals surface area (Å²) < 4.78 is 0. The third-order valence-corrected chi connectivity index (χ3v) is 2.91. The number of nitrogens with two attached hydrogens (primary N) is 1. The molecule has 0 aliphatic heterocycles. The summed E-state index contributed by atoms with van der Waals surface area (Å²) in [5.74, 6) is 0.712. The van der Waals surface area contributed by atoms with Gasteiger partial charge in [-0.3, -0.25) is 4.79 Å². The monoisotopic (exact) mass is 241 g/mol. The maximum absolute atomic E-state index is 11.5. The molecular formula is C11H19N3OS. The molecule has 3 N–H and O–H groups in total. The Hall–Kier alpha value is -1.10. The highest BCUT2D eigenvalue weighted by atomic mass is 32.1. The molecule has 90 valence electrons.